The van der Waals surface area contributed by atoms with Gasteiger partial charge >= 0.3 is 5.69 Å². The van der Waals surface area contributed by atoms with E-state index < -0.39 is 22.0 Å². The molecule has 0 bridgehead atoms. The Morgan fingerprint density at radius 3 is 2.88 bits per heavy atom. The number of rotatable bonds is 2. The van der Waals surface area contributed by atoms with Crippen LogP contribution in [0.1, 0.15) is 12.5 Å². The van der Waals surface area contributed by atoms with Gasteiger partial charge in [-0.25, -0.2) is 4.79 Å². The number of nitrogens with one attached hydrogen (secondary N) is 1. The SMILES string of the molecule is O=c1ccn([C@@H]2C[C@H](CO)CS(=O)C2)c(=O)[nH]1. The van der Waals surface area contributed by atoms with Gasteiger partial charge in [-0.15, -0.1) is 0 Å². The Morgan fingerprint density at radius 2 is 2.24 bits per heavy atom. The molecule has 1 unspecified atom stereocenters. The third-order valence-electron chi connectivity index (χ3n) is 2.91. The number of aromatic nitrogens is 2. The second-order valence-corrected chi connectivity index (χ2v) is 5.78. The summed E-state index contributed by atoms with van der Waals surface area (Å²) in [6, 6.07) is 1.05. The molecule has 0 aromatic carbocycles. The fourth-order valence-corrected chi connectivity index (χ4v) is 3.73. The van der Waals surface area contributed by atoms with Gasteiger partial charge in [0.15, 0.2) is 0 Å². The summed E-state index contributed by atoms with van der Waals surface area (Å²) >= 11 is 0. The quantitative estimate of drug-likeness (QED) is 0.700. The molecule has 1 fully saturated rings. The lowest BCUT2D eigenvalue weighted by Crippen LogP contribution is -2.38. The molecule has 0 spiro atoms. The van der Waals surface area contributed by atoms with Gasteiger partial charge in [-0.3, -0.25) is 18.6 Å². The first kappa shape index (κ1) is 12.3. The van der Waals surface area contributed by atoms with Crippen molar-refractivity contribution in [1.29, 1.82) is 0 Å². The zero-order valence-electron chi connectivity index (χ0n) is 9.17. The lowest BCUT2D eigenvalue weighted by molar-refractivity contribution is 0.213. The van der Waals surface area contributed by atoms with Gasteiger partial charge in [0.05, 0.1) is 0 Å². The summed E-state index contributed by atoms with van der Waals surface area (Å²) in [7, 11) is -1.03. The molecule has 1 aromatic rings. The van der Waals surface area contributed by atoms with Gasteiger partial charge in [-0.2, -0.15) is 0 Å². The van der Waals surface area contributed by atoms with E-state index in [2.05, 4.69) is 4.98 Å². The van der Waals surface area contributed by atoms with E-state index in [9.17, 15) is 13.8 Å². The minimum atomic E-state index is -1.03. The molecule has 3 atom stereocenters. The van der Waals surface area contributed by atoms with Crippen LogP contribution in [-0.4, -0.2) is 37.0 Å². The van der Waals surface area contributed by atoms with Gasteiger partial charge in [0.1, 0.15) is 0 Å². The Bertz CT molecular complexity index is 536. The number of aliphatic hydroxyl groups excluding tert-OH is 1. The highest BCUT2D eigenvalue weighted by Crippen LogP contribution is 2.23. The average molecular weight is 258 g/mol. The van der Waals surface area contributed by atoms with E-state index in [1.165, 1.54) is 16.8 Å². The van der Waals surface area contributed by atoms with Crippen molar-refractivity contribution in [3.05, 3.63) is 33.1 Å². The van der Waals surface area contributed by atoms with Crippen LogP contribution >= 0.6 is 0 Å². The average Bonchev–Trinajstić information content (AvgIpc) is 2.28. The van der Waals surface area contributed by atoms with Crippen molar-refractivity contribution in [2.45, 2.75) is 12.5 Å². The third-order valence-corrected chi connectivity index (χ3v) is 4.51. The molecule has 2 heterocycles. The minimum absolute atomic E-state index is 0.0274. The molecule has 94 valence electrons. The maximum atomic E-state index is 11.6. The first-order valence-corrected chi connectivity index (χ1v) is 6.86. The molecule has 6 nitrogen and oxygen atoms in total. The number of H-pyrrole nitrogens is 1. The molecule has 0 amide bonds. The molecule has 2 rings (SSSR count). The third kappa shape index (κ3) is 2.73. The fourth-order valence-electron chi connectivity index (χ4n) is 2.10. The highest BCUT2D eigenvalue weighted by molar-refractivity contribution is 7.85. The van der Waals surface area contributed by atoms with Gasteiger partial charge in [-0.1, -0.05) is 0 Å². The Kier molecular flexibility index (Phi) is 3.58. The second kappa shape index (κ2) is 4.97. The Balaban J connectivity index is 2.30. The second-order valence-electron chi connectivity index (χ2n) is 4.23. The number of hydrogen-bond acceptors (Lipinski definition) is 4. The van der Waals surface area contributed by atoms with Crippen molar-refractivity contribution < 1.29 is 9.32 Å². The number of aromatic amines is 1. The van der Waals surface area contributed by atoms with E-state index in [4.69, 9.17) is 5.11 Å². The van der Waals surface area contributed by atoms with E-state index in [1.807, 2.05) is 0 Å². The van der Waals surface area contributed by atoms with Crippen LogP contribution in [0.3, 0.4) is 0 Å². The van der Waals surface area contributed by atoms with E-state index >= 15 is 0 Å². The number of nitrogens with zero attached hydrogens (tertiary/aromatic N) is 1. The van der Waals surface area contributed by atoms with Crippen molar-refractivity contribution in [1.82, 2.24) is 9.55 Å². The van der Waals surface area contributed by atoms with Crippen LogP contribution < -0.4 is 11.2 Å². The summed E-state index contributed by atoms with van der Waals surface area (Å²) in [5.74, 6) is 0.821. The highest BCUT2D eigenvalue weighted by atomic mass is 32.2. The largest absolute Gasteiger partial charge is 0.396 e. The highest BCUT2D eigenvalue weighted by Gasteiger charge is 2.27. The number of aliphatic hydroxyl groups is 1. The van der Waals surface area contributed by atoms with E-state index in [0.29, 0.717) is 17.9 Å². The molecule has 0 saturated carbocycles. The maximum absolute atomic E-state index is 11.6. The smallest absolute Gasteiger partial charge is 0.328 e. The van der Waals surface area contributed by atoms with E-state index in [1.54, 1.807) is 0 Å². The summed E-state index contributed by atoms with van der Waals surface area (Å²) < 4.78 is 13.0. The zero-order chi connectivity index (χ0) is 12.4. The van der Waals surface area contributed by atoms with Crippen LogP contribution in [0.4, 0.5) is 0 Å². The van der Waals surface area contributed by atoms with Crippen molar-refractivity contribution in [2.24, 2.45) is 5.92 Å². The van der Waals surface area contributed by atoms with E-state index in [-0.39, 0.29) is 18.6 Å². The first-order valence-electron chi connectivity index (χ1n) is 5.37. The van der Waals surface area contributed by atoms with E-state index in [0.717, 1.165) is 0 Å². The van der Waals surface area contributed by atoms with Crippen LogP contribution in [0.15, 0.2) is 21.9 Å². The summed E-state index contributed by atoms with van der Waals surface area (Å²) in [6.45, 7) is -0.0274. The molecule has 1 aliphatic heterocycles. The molecule has 17 heavy (non-hydrogen) atoms. The summed E-state index contributed by atoms with van der Waals surface area (Å²) in [5, 5.41) is 9.11. The van der Waals surface area contributed by atoms with Crippen LogP contribution in [-0.2, 0) is 10.8 Å². The topological polar surface area (TPSA) is 92.2 Å². The van der Waals surface area contributed by atoms with Gasteiger partial charge in [0.25, 0.3) is 5.56 Å². The minimum Gasteiger partial charge on any atom is -0.396 e. The molecule has 1 saturated heterocycles. The molecular weight excluding hydrogens is 244 g/mol. The normalized spacial score (nSPS) is 29.1. The van der Waals surface area contributed by atoms with Crippen LogP contribution in [0.25, 0.3) is 0 Å². The Morgan fingerprint density at radius 1 is 1.47 bits per heavy atom. The van der Waals surface area contributed by atoms with Crippen LogP contribution in [0, 0.1) is 5.92 Å². The molecule has 1 aromatic heterocycles. The lowest BCUT2D eigenvalue weighted by Gasteiger charge is -2.28. The number of hydrogen-bond donors (Lipinski definition) is 2. The molecule has 0 radical (unpaired) electrons. The summed E-state index contributed by atoms with van der Waals surface area (Å²) in [6.07, 6.45) is 2.02. The standard InChI is InChI=1S/C10H14N2O4S/c13-4-7-3-8(6-17(16)5-7)12-2-1-9(14)11-10(12)15/h1-2,7-8,13H,3-6H2,(H,11,14,15)/t7-,8-,17?/m1/s1. The van der Waals surface area contributed by atoms with Gasteiger partial charge in [-0.05, 0) is 12.3 Å². The van der Waals surface area contributed by atoms with Gasteiger partial charge in [0.2, 0.25) is 0 Å². The molecule has 1 aliphatic rings. The van der Waals surface area contributed by atoms with Crippen molar-refractivity contribution in [2.75, 3.05) is 18.1 Å². The van der Waals surface area contributed by atoms with Crippen LogP contribution in [0.5, 0.6) is 0 Å². The van der Waals surface area contributed by atoms with Gasteiger partial charge < -0.3 is 5.11 Å². The van der Waals surface area contributed by atoms with Gasteiger partial charge in [0, 0.05) is 47.2 Å². The molecular formula is C10H14N2O4S. The molecule has 7 heteroatoms. The van der Waals surface area contributed by atoms with Crippen LogP contribution in [0.2, 0.25) is 0 Å². The lowest BCUT2D eigenvalue weighted by atomic mass is 10.0. The summed E-state index contributed by atoms with van der Waals surface area (Å²) in [5.41, 5.74) is -0.931. The first-order chi connectivity index (χ1) is 8.10. The molecule has 0 aliphatic carbocycles. The molecule has 2 N–H and O–H groups in total. The van der Waals surface area contributed by atoms with Crippen molar-refractivity contribution >= 4 is 10.8 Å². The summed E-state index contributed by atoms with van der Waals surface area (Å²) in [4.78, 5) is 24.7. The Hall–Kier alpha value is -1.21. The predicted molar refractivity (Wildman–Crippen MR) is 63.4 cm³/mol. The monoisotopic (exact) mass is 258 g/mol. The fraction of sp³-hybridized carbons (Fsp3) is 0.600. The zero-order valence-corrected chi connectivity index (χ0v) is 9.98. The van der Waals surface area contributed by atoms with Crippen molar-refractivity contribution in [3.63, 3.8) is 0 Å². The van der Waals surface area contributed by atoms with Crippen molar-refractivity contribution in [3.8, 4) is 0 Å². The maximum Gasteiger partial charge on any atom is 0.328 e. The Labute approximate surface area is 99.8 Å². The predicted octanol–water partition coefficient (Wildman–Crippen LogP) is -1.16.